The minimum Gasteiger partial charge on any atom is -0.507 e. The second kappa shape index (κ2) is 12.6. The Bertz CT molecular complexity index is 1780. The number of benzene rings is 4. The Morgan fingerprint density at radius 3 is 1.21 bits per heavy atom. The van der Waals surface area contributed by atoms with Crippen molar-refractivity contribution in [1.82, 2.24) is 0 Å². The summed E-state index contributed by atoms with van der Waals surface area (Å²) in [7, 11) is 0. The quantitative estimate of drug-likeness (QED) is 0.200. The molecule has 6 heteroatoms. The molecular weight excluding hydrogens is 528 g/mol. The van der Waals surface area contributed by atoms with Crippen molar-refractivity contribution in [2.45, 2.75) is 38.5 Å². The maximum absolute atomic E-state index is 12.3. The first-order valence-electron chi connectivity index (χ1n) is 14.0. The summed E-state index contributed by atoms with van der Waals surface area (Å²) in [6, 6.07) is 33.5. The first-order chi connectivity index (χ1) is 20.4. The third-order valence-electron chi connectivity index (χ3n) is 7.56. The van der Waals surface area contributed by atoms with Crippen LogP contribution in [0.3, 0.4) is 0 Å². The molecule has 2 heterocycles. The minimum absolute atomic E-state index is 0.0255. The number of aromatic hydroxyl groups is 2. The van der Waals surface area contributed by atoms with Gasteiger partial charge in [0, 0.05) is 11.8 Å². The molecule has 0 spiro atoms. The first-order valence-corrected chi connectivity index (χ1v) is 14.0. The normalized spacial score (nSPS) is 12.4. The van der Waals surface area contributed by atoms with E-state index in [4.69, 9.17) is 8.83 Å². The van der Waals surface area contributed by atoms with Crippen molar-refractivity contribution >= 4 is 21.9 Å². The summed E-state index contributed by atoms with van der Waals surface area (Å²) in [5, 5.41) is 22.2. The van der Waals surface area contributed by atoms with E-state index in [2.05, 4.69) is 0 Å². The lowest BCUT2D eigenvalue weighted by molar-refractivity contribution is 0.449. The van der Waals surface area contributed by atoms with Crippen LogP contribution >= 0.6 is 0 Å². The SMILES string of the molecule is CC[C@@H](c1ccccc1)c1c(O)c2ccccc2oc1=O.CC[C@H](c1ccccc1)c1c(O)c2ccccc2oc1=O. The van der Waals surface area contributed by atoms with Gasteiger partial charge in [0.15, 0.2) is 0 Å². The Hall–Kier alpha value is -5.10. The molecule has 0 aliphatic carbocycles. The van der Waals surface area contributed by atoms with Gasteiger partial charge in [0.25, 0.3) is 0 Å². The van der Waals surface area contributed by atoms with E-state index >= 15 is 0 Å². The monoisotopic (exact) mass is 560 g/mol. The van der Waals surface area contributed by atoms with Crippen LogP contribution in [-0.2, 0) is 0 Å². The van der Waals surface area contributed by atoms with Gasteiger partial charge in [-0.25, -0.2) is 9.59 Å². The zero-order valence-corrected chi connectivity index (χ0v) is 23.5. The van der Waals surface area contributed by atoms with E-state index in [0.717, 1.165) is 11.1 Å². The molecule has 0 fully saturated rings. The standard InChI is InChI=1S/2C18H16O3/c2*1-2-13(12-8-4-3-5-9-12)16-17(19)14-10-6-7-11-15(14)21-18(16)20/h2*3-11,13,19H,2H2,1H3/t2*13-/m10/s1. The number of hydrogen-bond donors (Lipinski definition) is 2. The van der Waals surface area contributed by atoms with Crippen LogP contribution < -0.4 is 11.3 Å². The van der Waals surface area contributed by atoms with E-state index in [-0.39, 0.29) is 23.3 Å². The molecule has 6 nitrogen and oxygen atoms in total. The molecule has 4 aromatic carbocycles. The fourth-order valence-corrected chi connectivity index (χ4v) is 5.49. The lowest BCUT2D eigenvalue weighted by Gasteiger charge is -2.16. The van der Waals surface area contributed by atoms with Crippen molar-refractivity contribution in [2.24, 2.45) is 0 Å². The highest BCUT2D eigenvalue weighted by atomic mass is 16.4. The van der Waals surface area contributed by atoms with E-state index in [1.165, 1.54) is 0 Å². The van der Waals surface area contributed by atoms with Crippen molar-refractivity contribution in [1.29, 1.82) is 0 Å². The smallest absolute Gasteiger partial charge is 0.343 e. The van der Waals surface area contributed by atoms with Gasteiger partial charge in [0.05, 0.1) is 21.9 Å². The molecule has 0 bridgehead atoms. The van der Waals surface area contributed by atoms with Crippen LogP contribution in [0.15, 0.2) is 128 Å². The van der Waals surface area contributed by atoms with E-state index in [1.807, 2.05) is 86.6 Å². The van der Waals surface area contributed by atoms with Crippen molar-refractivity contribution < 1.29 is 19.0 Å². The summed E-state index contributed by atoms with van der Waals surface area (Å²) < 4.78 is 10.7. The molecule has 6 aromatic rings. The van der Waals surface area contributed by atoms with Gasteiger partial charge in [0.1, 0.15) is 22.7 Å². The number of para-hydroxylation sites is 2. The largest absolute Gasteiger partial charge is 0.507 e. The Labute approximate surface area is 243 Å². The van der Waals surface area contributed by atoms with E-state index in [0.29, 0.717) is 45.9 Å². The summed E-state index contributed by atoms with van der Waals surface area (Å²) in [6.07, 6.45) is 1.42. The number of hydrogen-bond acceptors (Lipinski definition) is 6. The van der Waals surface area contributed by atoms with Crippen LogP contribution in [0.4, 0.5) is 0 Å². The molecule has 6 rings (SSSR count). The third kappa shape index (κ3) is 5.56. The Kier molecular flexibility index (Phi) is 8.53. The summed E-state index contributed by atoms with van der Waals surface area (Å²) in [5.74, 6) is -0.297. The average Bonchev–Trinajstić information content (AvgIpc) is 3.02. The second-order valence-electron chi connectivity index (χ2n) is 10.0. The Balaban J connectivity index is 0.000000168. The Morgan fingerprint density at radius 2 is 0.857 bits per heavy atom. The molecule has 0 unspecified atom stereocenters. The van der Waals surface area contributed by atoms with Gasteiger partial charge in [-0.15, -0.1) is 0 Å². The van der Waals surface area contributed by atoms with Gasteiger partial charge in [0.2, 0.25) is 0 Å². The summed E-state index contributed by atoms with van der Waals surface area (Å²) in [4.78, 5) is 24.6. The van der Waals surface area contributed by atoms with Crippen LogP contribution in [-0.4, -0.2) is 10.2 Å². The molecule has 2 atom stereocenters. The number of rotatable bonds is 6. The molecule has 0 amide bonds. The van der Waals surface area contributed by atoms with Crippen molar-refractivity contribution in [2.75, 3.05) is 0 Å². The molecule has 212 valence electrons. The van der Waals surface area contributed by atoms with Gasteiger partial charge in [-0.05, 0) is 48.2 Å². The topological polar surface area (TPSA) is 101 Å². The van der Waals surface area contributed by atoms with Gasteiger partial charge >= 0.3 is 11.3 Å². The molecule has 0 saturated carbocycles. The maximum atomic E-state index is 12.3. The van der Waals surface area contributed by atoms with Gasteiger partial charge < -0.3 is 19.0 Å². The zero-order valence-electron chi connectivity index (χ0n) is 23.5. The molecule has 2 N–H and O–H groups in total. The minimum atomic E-state index is -0.470. The Morgan fingerprint density at radius 1 is 0.524 bits per heavy atom. The van der Waals surface area contributed by atoms with E-state index in [1.54, 1.807) is 36.4 Å². The van der Waals surface area contributed by atoms with Gasteiger partial charge in [-0.2, -0.15) is 0 Å². The average molecular weight is 561 g/mol. The fourth-order valence-electron chi connectivity index (χ4n) is 5.49. The van der Waals surface area contributed by atoms with Gasteiger partial charge in [-0.1, -0.05) is 98.8 Å². The predicted molar refractivity (Wildman–Crippen MR) is 165 cm³/mol. The molecule has 0 aliphatic heterocycles. The second-order valence-corrected chi connectivity index (χ2v) is 10.0. The lowest BCUT2D eigenvalue weighted by Crippen LogP contribution is -2.13. The highest BCUT2D eigenvalue weighted by Crippen LogP contribution is 2.37. The third-order valence-corrected chi connectivity index (χ3v) is 7.56. The van der Waals surface area contributed by atoms with Crippen molar-refractivity contribution in [3.63, 3.8) is 0 Å². The first kappa shape index (κ1) is 28.4. The molecule has 2 aromatic heterocycles. The van der Waals surface area contributed by atoms with E-state index < -0.39 is 11.3 Å². The zero-order chi connectivity index (χ0) is 29.6. The molecule has 0 radical (unpaired) electrons. The van der Waals surface area contributed by atoms with Crippen molar-refractivity contribution in [3.05, 3.63) is 152 Å². The predicted octanol–water partition coefficient (Wildman–Crippen LogP) is 8.08. The number of fused-ring (bicyclic) bond motifs is 2. The van der Waals surface area contributed by atoms with E-state index in [9.17, 15) is 19.8 Å². The maximum Gasteiger partial charge on any atom is 0.343 e. The molecule has 0 saturated heterocycles. The summed E-state index contributed by atoms with van der Waals surface area (Å²) in [5.41, 5.74) is 2.54. The van der Waals surface area contributed by atoms with Crippen LogP contribution in [0.5, 0.6) is 11.5 Å². The summed E-state index contributed by atoms with van der Waals surface area (Å²) >= 11 is 0. The molecule has 42 heavy (non-hydrogen) atoms. The highest BCUT2D eigenvalue weighted by molar-refractivity contribution is 5.85. The lowest BCUT2D eigenvalue weighted by atomic mass is 9.89. The van der Waals surface area contributed by atoms with Crippen LogP contribution in [0.2, 0.25) is 0 Å². The fraction of sp³-hybridized carbons (Fsp3) is 0.167. The highest BCUT2D eigenvalue weighted by Gasteiger charge is 2.24. The van der Waals surface area contributed by atoms with Gasteiger partial charge in [-0.3, -0.25) is 0 Å². The van der Waals surface area contributed by atoms with Crippen LogP contribution in [0, 0.1) is 0 Å². The molecule has 0 aliphatic rings. The van der Waals surface area contributed by atoms with Crippen LogP contribution in [0.1, 0.15) is 60.8 Å². The van der Waals surface area contributed by atoms with Crippen LogP contribution in [0.25, 0.3) is 21.9 Å². The summed E-state index contributed by atoms with van der Waals surface area (Å²) in [6.45, 7) is 3.98. The molecular formula is C36H32O6. The van der Waals surface area contributed by atoms with Crippen molar-refractivity contribution in [3.8, 4) is 11.5 Å².